The second-order valence-corrected chi connectivity index (χ2v) is 8.60. The predicted molar refractivity (Wildman–Crippen MR) is 86.5 cm³/mol. The van der Waals surface area contributed by atoms with Gasteiger partial charge in [-0.25, -0.2) is 13.1 Å². The molecule has 0 radical (unpaired) electrons. The van der Waals surface area contributed by atoms with Gasteiger partial charge in [-0.3, -0.25) is 0 Å². The van der Waals surface area contributed by atoms with E-state index in [1.54, 1.807) is 24.3 Å². The molecule has 0 saturated heterocycles. The van der Waals surface area contributed by atoms with E-state index in [2.05, 4.69) is 11.6 Å². The molecule has 21 heavy (non-hydrogen) atoms. The zero-order valence-electron chi connectivity index (χ0n) is 12.1. The average Bonchev–Trinajstić information content (AvgIpc) is 2.86. The number of hydrogen-bond acceptors (Lipinski definition) is 4. The number of thioether (sulfide) groups is 1. The highest BCUT2D eigenvalue weighted by Crippen LogP contribution is 2.30. The minimum atomic E-state index is -3.32. The second-order valence-electron chi connectivity index (χ2n) is 5.27. The fourth-order valence-electron chi connectivity index (χ4n) is 2.62. The lowest BCUT2D eigenvalue weighted by Crippen LogP contribution is -2.34. The van der Waals surface area contributed by atoms with Crippen molar-refractivity contribution in [2.75, 3.05) is 5.75 Å². The van der Waals surface area contributed by atoms with Crippen molar-refractivity contribution < 1.29 is 8.42 Å². The summed E-state index contributed by atoms with van der Waals surface area (Å²) in [4.78, 5) is 0. The van der Waals surface area contributed by atoms with Gasteiger partial charge in [0, 0.05) is 11.3 Å². The molecular formula is C15H20N2O2S2. The summed E-state index contributed by atoms with van der Waals surface area (Å²) in [6.45, 7) is 2.13. The van der Waals surface area contributed by atoms with Gasteiger partial charge in [0.2, 0.25) is 10.0 Å². The smallest absolute Gasteiger partial charge is 0.212 e. The van der Waals surface area contributed by atoms with Gasteiger partial charge in [0.15, 0.2) is 0 Å². The summed E-state index contributed by atoms with van der Waals surface area (Å²) in [5.74, 6) is 1.05. The molecule has 1 aromatic carbocycles. The molecule has 1 N–H and O–H groups in total. The van der Waals surface area contributed by atoms with E-state index in [9.17, 15) is 8.42 Å². The maximum atomic E-state index is 12.2. The molecule has 1 aliphatic rings. The van der Waals surface area contributed by atoms with Crippen LogP contribution in [0.15, 0.2) is 24.3 Å². The Kier molecular flexibility index (Phi) is 5.68. The Labute approximate surface area is 131 Å². The summed E-state index contributed by atoms with van der Waals surface area (Å²) < 4.78 is 27.2. The monoisotopic (exact) mass is 324 g/mol. The Morgan fingerprint density at radius 1 is 1.33 bits per heavy atom. The Morgan fingerprint density at radius 3 is 2.67 bits per heavy atom. The molecule has 1 aromatic rings. The molecule has 114 valence electrons. The first-order valence-corrected chi connectivity index (χ1v) is 9.83. The zero-order valence-corrected chi connectivity index (χ0v) is 13.7. The molecule has 0 bridgehead atoms. The van der Waals surface area contributed by atoms with Gasteiger partial charge in [0.05, 0.1) is 17.4 Å². The standard InChI is InChI=1S/C15H20N2O2S2/c1-2-20-15-8-7-14(9-15)17-21(18,19)11-13-5-3-12(10-16)4-6-13/h3-6,14-15,17H,2,7-9,11H2,1H3. The summed E-state index contributed by atoms with van der Waals surface area (Å²) >= 11 is 1.91. The highest BCUT2D eigenvalue weighted by atomic mass is 32.2. The van der Waals surface area contributed by atoms with Crippen LogP contribution in [0, 0.1) is 11.3 Å². The third kappa shape index (κ3) is 5.03. The minimum absolute atomic E-state index is 0.0270. The normalized spacial score (nSPS) is 22.1. The lowest BCUT2D eigenvalue weighted by molar-refractivity contribution is 0.552. The number of nitrogens with zero attached hydrogens (tertiary/aromatic N) is 1. The topological polar surface area (TPSA) is 70.0 Å². The van der Waals surface area contributed by atoms with Crippen molar-refractivity contribution in [2.45, 2.75) is 43.2 Å². The van der Waals surface area contributed by atoms with E-state index in [-0.39, 0.29) is 11.8 Å². The SMILES string of the molecule is CCSC1CCC(NS(=O)(=O)Cc2ccc(C#N)cc2)C1. The van der Waals surface area contributed by atoms with Crippen molar-refractivity contribution in [3.05, 3.63) is 35.4 Å². The maximum absolute atomic E-state index is 12.2. The number of nitriles is 1. The van der Waals surface area contributed by atoms with Crippen molar-refractivity contribution in [3.63, 3.8) is 0 Å². The summed E-state index contributed by atoms with van der Waals surface area (Å²) in [7, 11) is -3.32. The van der Waals surface area contributed by atoms with E-state index in [4.69, 9.17) is 5.26 Å². The zero-order chi connectivity index (χ0) is 15.3. The third-order valence-electron chi connectivity index (χ3n) is 3.57. The van der Waals surface area contributed by atoms with Gasteiger partial charge >= 0.3 is 0 Å². The van der Waals surface area contributed by atoms with Crippen LogP contribution in [0.5, 0.6) is 0 Å². The Morgan fingerprint density at radius 2 is 2.05 bits per heavy atom. The van der Waals surface area contributed by atoms with E-state index >= 15 is 0 Å². The molecule has 1 fully saturated rings. The van der Waals surface area contributed by atoms with Gasteiger partial charge in [-0.2, -0.15) is 17.0 Å². The highest BCUT2D eigenvalue weighted by molar-refractivity contribution is 7.99. The fourth-order valence-corrected chi connectivity index (χ4v) is 5.20. The van der Waals surface area contributed by atoms with Crippen LogP contribution in [0.25, 0.3) is 0 Å². The molecule has 1 saturated carbocycles. The number of nitrogens with one attached hydrogen (secondary N) is 1. The Bertz CT molecular complexity index is 606. The van der Waals surface area contributed by atoms with Crippen LogP contribution in [0.2, 0.25) is 0 Å². The summed E-state index contributed by atoms with van der Waals surface area (Å²) in [6, 6.07) is 8.78. The van der Waals surface area contributed by atoms with Crippen molar-refractivity contribution >= 4 is 21.8 Å². The maximum Gasteiger partial charge on any atom is 0.216 e. The minimum Gasteiger partial charge on any atom is -0.212 e. The van der Waals surface area contributed by atoms with E-state index in [0.717, 1.165) is 25.0 Å². The van der Waals surface area contributed by atoms with Crippen LogP contribution in [0.4, 0.5) is 0 Å². The van der Waals surface area contributed by atoms with Gasteiger partial charge in [-0.05, 0) is 42.7 Å². The molecule has 0 aliphatic heterocycles. The molecule has 2 atom stereocenters. The molecule has 0 heterocycles. The van der Waals surface area contributed by atoms with E-state index < -0.39 is 10.0 Å². The molecule has 1 aliphatic carbocycles. The first-order chi connectivity index (χ1) is 10.0. The average molecular weight is 324 g/mol. The van der Waals surface area contributed by atoms with Crippen LogP contribution in [0.3, 0.4) is 0 Å². The van der Waals surface area contributed by atoms with Gasteiger partial charge < -0.3 is 0 Å². The molecule has 0 amide bonds. The van der Waals surface area contributed by atoms with Crippen molar-refractivity contribution in [1.29, 1.82) is 5.26 Å². The second kappa shape index (κ2) is 7.30. The largest absolute Gasteiger partial charge is 0.216 e. The van der Waals surface area contributed by atoms with E-state index in [0.29, 0.717) is 16.4 Å². The molecule has 2 rings (SSSR count). The summed E-state index contributed by atoms with van der Waals surface area (Å²) in [5.41, 5.74) is 1.25. The van der Waals surface area contributed by atoms with Crippen LogP contribution in [0.1, 0.15) is 37.3 Å². The number of rotatable bonds is 6. The van der Waals surface area contributed by atoms with Crippen molar-refractivity contribution in [3.8, 4) is 6.07 Å². The fraction of sp³-hybridized carbons (Fsp3) is 0.533. The van der Waals surface area contributed by atoms with Gasteiger partial charge in [-0.1, -0.05) is 19.1 Å². The molecule has 0 spiro atoms. The molecular weight excluding hydrogens is 304 g/mol. The number of hydrogen-bond donors (Lipinski definition) is 1. The van der Waals surface area contributed by atoms with Crippen molar-refractivity contribution in [1.82, 2.24) is 4.72 Å². The highest BCUT2D eigenvalue weighted by Gasteiger charge is 2.27. The molecule has 6 heteroatoms. The van der Waals surface area contributed by atoms with Crippen LogP contribution in [-0.4, -0.2) is 25.5 Å². The van der Waals surface area contributed by atoms with Gasteiger partial charge in [-0.15, -0.1) is 0 Å². The van der Waals surface area contributed by atoms with Crippen LogP contribution < -0.4 is 4.72 Å². The number of sulfonamides is 1. The third-order valence-corrected chi connectivity index (χ3v) is 6.21. The van der Waals surface area contributed by atoms with E-state index in [1.807, 2.05) is 17.8 Å². The van der Waals surface area contributed by atoms with Gasteiger partial charge in [0.25, 0.3) is 0 Å². The lowest BCUT2D eigenvalue weighted by Gasteiger charge is -2.13. The number of benzene rings is 1. The van der Waals surface area contributed by atoms with Gasteiger partial charge in [0.1, 0.15) is 0 Å². The first-order valence-electron chi connectivity index (χ1n) is 7.13. The lowest BCUT2D eigenvalue weighted by atomic mass is 10.2. The predicted octanol–water partition coefficient (Wildman–Crippen LogP) is 2.65. The molecule has 4 nitrogen and oxygen atoms in total. The van der Waals surface area contributed by atoms with Crippen LogP contribution >= 0.6 is 11.8 Å². The Balaban J connectivity index is 1.91. The molecule has 0 aromatic heterocycles. The van der Waals surface area contributed by atoms with Crippen molar-refractivity contribution in [2.24, 2.45) is 0 Å². The molecule has 2 unspecified atom stereocenters. The Hall–Kier alpha value is -1.03. The quantitative estimate of drug-likeness (QED) is 0.873. The summed E-state index contributed by atoms with van der Waals surface area (Å²) in [5, 5.41) is 9.32. The van der Waals surface area contributed by atoms with E-state index in [1.165, 1.54) is 0 Å². The van der Waals surface area contributed by atoms with Crippen LogP contribution in [-0.2, 0) is 15.8 Å². The first kappa shape index (κ1) is 16.3. The summed E-state index contributed by atoms with van der Waals surface area (Å²) in [6.07, 6.45) is 2.93.